The van der Waals surface area contributed by atoms with Gasteiger partial charge in [0.25, 0.3) is 0 Å². The number of aromatic hydroxyl groups is 1. The van der Waals surface area contributed by atoms with Crippen LogP contribution >= 0.6 is 23.2 Å². The summed E-state index contributed by atoms with van der Waals surface area (Å²) >= 11 is 11.9. The summed E-state index contributed by atoms with van der Waals surface area (Å²) in [4.78, 5) is 0. The maximum absolute atomic E-state index is 9.54. The molecule has 1 saturated carbocycles. The molecule has 0 aromatic heterocycles. The highest BCUT2D eigenvalue weighted by Gasteiger charge is 2.23. The quantitative estimate of drug-likeness (QED) is 0.740. The van der Waals surface area contributed by atoms with E-state index in [0.29, 0.717) is 16.1 Å². The van der Waals surface area contributed by atoms with Crippen molar-refractivity contribution in [1.29, 1.82) is 0 Å². The van der Waals surface area contributed by atoms with Gasteiger partial charge in [0.05, 0.1) is 10.0 Å². The normalized spacial score (nSPS) is 23.6. The van der Waals surface area contributed by atoms with Crippen LogP contribution in [0.5, 0.6) is 5.75 Å². The van der Waals surface area contributed by atoms with E-state index in [1.165, 1.54) is 25.7 Å². The molecule has 1 aromatic rings. The van der Waals surface area contributed by atoms with E-state index in [4.69, 9.17) is 23.2 Å². The third-order valence-corrected chi connectivity index (χ3v) is 4.68. The minimum Gasteiger partial charge on any atom is -0.505 e. The third kappa shape index (κ3) is 3.70. The minimum atomic E-state index is -0.0441. The number of phenolic OH excluding ortho intramolecular Hbond substituents is 1. The Morgan fingerprint density at radius 3 is 2.11 bits per heavy atom. The fourth-order valence-corrected chi connectivity index (χ4v) is 3.30. The van der Waals surface area contributed by atoms with E-state index in [-0.39, 0.29) is 5.75 Å². The second-order valence-electron chi connectivity index (χ2n) is 5.79. The van der Waals surface area contributed by atoms with Gasteiger partial charge in [0.2, 0.25) is 0 Å². The van der Waals surface area contributed by atoms with E-state index < -0.39 is 0 Å². The van der Waals surface area contributed by atoms with Crippen molar-refractivity contribution in [3.8, 4) is 5.75 Å². The summed E-state index contributed by atoms with van der Waals surface area (Å²) in [6.45, 7) is 4.61. The lowest BCUT2D eigenvalue weighted by Crippen LogP contribution is -2.27. The average Bonchev–Trinajstić information content (AvgIpc) is 2.36. The van der Waals surface area contributed by atoms with Gasteiger partial charge in [-0.3, -0.25) is 0 Å². The fourth-order valence-electron chi connectivity index (χ4n) is 2.81. The molecule has 0 bridgehead atoms. The lowest BCUT2D eigenvalue weighted by Gasteiger charge is -2.32. The van der Waals surface area contributed by atoms with Crippen molar-refractivity contribution in [3.05, 3.63) is 22.2 Å². The van der Waals surface area contributed by atoms with Crippen LogP contribution in [0.25, 0.3) is 0 Å². The molecule has 1 aliphatic carbocycles. The smallest absolute Gasteiger partial charge is 0.152 e. The number of nitrogens with one attached hydrogen (secondary N) is 1. The highest BCUT2D eigenvalue weighted by Crippen LogP contribution is 2.36. The van der Waals surface area contributed by atoms with Gasteiger partial charge in [0, 0.05) is 11.7 Å². The van der Waals surface area contributed by atoms with Gasteiger partial charge in [-0.15, -0.1) is 0 Å². The summed E-state index contributed by atoms with van der Waals surface area (Å²) < 4.78 is 0. The van der Waals surface area contributed by atoms with Gasteiger partial charge in [-0.2, -0.15) is 0 Å². The molecule has 0 atom stereocenters. The second-order valence-corrected chi connectivity index (χ2v) is 6.60. The molecule has 1 aromatic carbocycles. The first kappa shape index (κ1) is 14.8. The van der Waals surface area contributed by atoms with Crippen molar-refractivity contribution >= 4 is 28.9 Å². The molecular weight excluding hydrogens is 281 g/mol. The molecule has 0 heterocycles. The molecule has 1 aliphatic rings. The van der Waals surface area contributed by atoms with Gasteiger partial charge in [0.1, 0.15) is 0 Å². The molecule has 0 radical (unpaired) electrons. The topological polar surface area (TPSA) is 32.3 Å². The number of rotatable bonds is 3. The molecule has 0 aliphatic heterocycles. The predicted octanol–water partition coefficient (Wildman–Crippen LogP) is 5.33. The van der Waals surface area contributed by atoms with Crippen LogP contribution in [0, 0.1) is 11.8 Å². The standard InChI is InChI=1S/C15H21Cl2NO/c1-9(2)10-3-5-11(6-4-10)18-12-7-13(16)15(19)14(17)8-12/h7-11,18-19H,3-6H2,1-2H3. The molecule has 4 heteroatoms. The molecule has 2 N–H and O–H groups in total. The predicted molar refractivity (Wildman–Crippen MR) is 82.3 cm³/mol. The highest BCUT2D eigenvalue weighted by atomic mass is 35.5. The molecule has 0 amide bonds. The Bertz CT molecular complexity index is 417. The van der Waals surface area contributed by atoms with E-state index in [2.05, 4.69) is 19.2 Å². The van der Waals surface area contributed by atoms with Crippen LogP contribution < -0.4 is 5.32 Å². The Kier molecular flexibility index (Phi) is 4.86. The van der Waals surface area contributed by atoms with Gasteiger partial charge in [-0.1, -0.05) is 37.0 Å². The summed E-state index contributed by atoms with van der Waals surface area (Å²) in [5, 5.41) is 13.6. The van der Waals surface area contributed by atoms with Crippen LogP contribution in [-0.2, 0) is 0 Å². The average molecular weight is 302 g/mol. The van der Waals surface area contributed by atoms with Gasteiger partial charge < -0.3 is 10.4 Å². The van der Waals surface area contributed by atoms with Crippen molar-refractivity contribution in [2.24, 2.45) is 11.8 Å². The highest BCUT2D eigenvalue weighted by molar-refractivity contribution is 6.37. The lowest BCUT2D eigenvalue weighted by atomic mass is 9.79. The van der Waals surface area contributed by atoms with Crippen molar-refractivity contribution < 1.29 is 5.11 Å². The maximum atomic E-state index is 9.54. The molecular formula is C15H21Cl2NO. The maximum Gasteiger partial charge on any atom is 0.152 e. The molecule has 2 rings (SSSR count). The van der Waals surface area contributed by atoms with E-state index in [0.717, 1.165) is 17.5 Å². The number of phenols is 1. The Morgan fingerprint density at radius 1 is 1.11 bits per heavy atom. The summed E-state index contributed by atoms with van der Waals surface area (Å²) in [6.07, 6.45) is 4.90. The first-order chi connectivity index (χ1) is 8.97. The monoisotopic (exact) mass is 301 g/mol. The molecule has 2 nitrogen and oxygen atoms in total. The molecule has 1 fully saturated rings. The Morgan fingerprint density at radius 2 is 1.63 bits per heavy atom. The summed E-state index contributed by atoms with van der Waals surface area (Å²) in [5.41, 5.74) is 0.890. The van der Waals surface area contributed by atoms with Crippen molar-refractivity contribution in [3.63, 3.8) is 0 Å². The molecule has 0 unspecified atom stereocenters. The summed E-state index contributed by atoms with van der Waals surface area (Å²) in [7, 11) is 0. The second kappa shape index (κ2) is 6.23. The molecule has 19 heavy (non-hydrogen) atoms. The summed E-state index contributed by atoms with van der Waals surface area (Å²) in [6, 6.07) is 3.95. The van der Waals surface area contributed by atoms with E-state index in [9.17, 15) is 5.11 Å². The van der Waals surface area contributed by atoms with Crippen LogP contribution in [0.1, 0.15) is 39.5 Å². The zero-order chi connectivity index (χ0) is 14.0. The molecule has 106 valence electrons. The first-order valence-electron chi connectivity index (χ1n) is 6.92. The number of anilines is 1. The van der Waals surface area contributed by atoms with Gasteiger partial charge >= 0.3 is 0 Å². The van der Waals surface area contributed by atoms with Crippen LogP contribution in [-0.4, -0.2) is 11.1 Å². The van der Waals surface area contributed by atoms with Crippen LogP contribution in [0.15, 0.2) is 12.1 Å². The number of hydrogen-bond acceptors (Lipinski definition) is 2. The lowest BCUT2D eigenvalue weighted by molar-refractivity contribution is 0.267. The Balaban J connectivity index is 1.96. The first-order valence-corrected chi connectivity index (χ1v) is 7.67. The fraction of sp³-hybridized carbons (Fsp3) is 0.600. The van der Waals surface area contributed by atoms with Crippen LogP contribution in [0.4, 0.5) is 5.69 Å². The van der Waals surface area contributed by atoms with Crippen LogP contribution in [0.2, 0.25) is 10.0 Å². The van der Waals surface area contributed by atoms with Gasteiger partial charge in [-0.25, -0.2) is 0 Å². The molecule has 0 saturated heterocycles. The largest absolute Gasteiger partial charge is 0.505 e. The van der Waals surface area contributed by atoms with Gasteiger partial charge in [-0.05, 0) is 49.7 Å². The Hall–Kier alpha value is -0.600. The SMILES string of the molecule is CC(C)C1CCC(Nc2cc(Cl)c(O)c(Cl)c2)CC1. The zero-order valence-corrected chi connectivity index (χ0v) is 12.9. The Labute approximate surface area is 125 Å². The van der Waals surface area contributed by atoms with E-state index >= 15 is 0 Å². The van der Waals surface area contributed by atoms with Crippen molar-refractivity contribution in [1.82, 2.24) is 0 Å². The zero-order valence-electron chi connectivity index (χ0n) is 11.4. The van der Waals surface area contributed by atoms with Gasteiger partial charge in [0.15, 0.2) is 5.75 Å². The minimum absolute atomic E-state index is 0.0441. The third-order valence-electron chi connectivity index (χ3n) is 4.10. The summed E-state index contributed by atoms with van der Waals surface area (Å²) in [5.74, 6) is 1.58. The van der Waals surface area contributed by atoms with Crippen LogP contribution in [0.3, 0.4) is 0 Å². The number of halogens is 2. The number of hydrogen-bond donors (Lipinski definition) is 2. The van der Waals surface area contributed by atoms with E-state index in [1.807, 2.05) is 0 Å². The van der Waals surface area contributed by atoms with Crippen molar-refractivity contribution in [2.45, 2.75) is 45.6 Å². The van der Waals surface area contributed by atoms with E-state index in [1.54, 1.807) is 12.1 Å². The molecule has 0 spiro atoms. The number of benzene rings is 1. The van der Waals surface area contributed by atoms with Crippen molar-refractivity contribution in [2.75, 3.05) is 5.32 Å².